The van der Waals surface area contributed by atoms with Crippen LogP contribution in [0.1, 0.15) is 45.4 Å². The van der Waals surface area contributed by atoms with Gasteiger partial charge in [-0.3, -0.25) is 9.88 Å². The number of nitrogens with zero attached hydrogens (tertiary/aromatic N) is 3. The van der Waals surface area contributed by atoms with E-state index >= 15 is 4.39 Å². The Morgan fingerprint density at radius 2 is 1.77 bits per heavy atom. The van der Waals surface area contributed by atoms with E-state index in [-0.39, 0.29) is 11.7 Å². The van der Waals surface area contributed by atoms with Crippen molar-refractivity contribution in [2.75, 3.05) is 31.7 Å². The SMILES string of the molecule is C=C1NCNC(C(C)C)CN(CC)c2c1nc(-c1ccc(C)cc1)n2-c1ccc(F)cc1F.C=CCC.CN. The van der Waals surface area contributed by atoms with Gasteiger partial charge < -0.3 is 16.0 Å². The van der Waals surface area contributed by atoms with Crippen LogP contribution >= 0.6 is 0 Å². The van der Waals surface area contributed by atoms with Crippen LogP contribution in [0, 0.1) is 24.5 Å². The van der Waals surface area contributed by atoms with Crippen molar-refractivity contribution in [3.63, 3.8) is 0 Å². The summed E-state index contributed by atoms with van der Waals surface area (Å²) in [6.07, 6.45) is 2.96. The summed E-state index contributed by atoms with van der Waals surface area (Å²) in [5.74, 6) is 0.449. The van der Waals surface area contributed by atoms with Gasteiger partial charge in [0.1, 0.15) is 29.0 Å². The summed E-state index contributed by atoms with van der Waals surface area (Å²) in [5.41, 5.74) is 8.01. The molecule has 2 aromatic carbocycles. The van der Waals surface area contributed by atoms with E-state index in [1.165, 1.54) is 19.2 Å². The van der Waals surface area contributed by atoms with Gasteiger partial charge in [-0.1, -0.05) is 63.3 Å². The molecule has 0 aliphatic carbocycles. The third-order valence-corrected chi connectivity index (χ3v) is 6.46. The van der Waals surface area contributed by atoms with Crippen LogP contribution in [0.25, 0.3) is 22.8 Å². The molecule has 0 fully saturated rings. The number of anilines is 1. The van der Waals surface area contributed by atoms with Gasteiger partial charge in [0.05, 0.1) is 18.1 Å². The Hall–Kier alpha value is -3.49. The molecule has 4 N–H and O–H groups in total. The highest BCUT2D eigenvalue weighted by Gasteiger charge is 2.29. The first kappa shape index (κ1) is 31.7. The molecule has 1 aliphatic rings. The highest BCUT2D eigenvalue weighted by molar-refractivity contribution is 5.77. The van der Waals surface area contributed by atoms with E-state index in [2.05, 4.69) is 62.1 Å². The molecule has 3 aromatic rings. The van der Waals surface area contributed by atoms with Crippen molar-refractivity contribution in [1.82, 2.24) is 20.2 Å². The lowest BCUT2D eigenvalue weighted by atomic mass is 10.0. The molecule has 1 atom stereocenters. The summed E-state index contributed by atoms with van der Waals surface area (Å²) >= 11 is 0. The predicted octanol–water partition coefficient (Wildman–Crippen LogP) is 6.26. The minimum Gasteiger partial charge on any atom is -0.371 e. The van der Waals surface area contributed by atoms with Gasteiger partial charge in [-0.2, -0.15) is 0 Å². The highest BCUT2D eigenvalue weighted by Crippen LogP contribution is 2.36. The minimum absolute atomic E-state index is 0.195. The largest absolute Gasteiger partial charge is 0.371 e. The molecule has 0 amide bonds. The van der Waals surface area contributed by atoms with Crippen molar-refractivity contribution in [2.24, 2.45) is 11.7 Å². The number of allylic oxidation sites excluding steroid dienone is 1. The number of likely N-dealkylation sites (N-methyl/N-ethyl adjacent to an activating group) is 1. The van der Waals surface area contributed by atoms with Gasteiger partial charge in [0.25, 0.3) is 0 Å². The lowest BCUT2D eigenvalue weighted by Gasteiger charge is -2.31. The molecule has 6 nitrogen and oxygen atoms in total. The standard InChI is InChI=1S/C26H31F2N5.C4H8.CH5N/c1-6-32-14-22(16(2)3)30-15-29-18(5)24-26(32)33(23-12-11-20(27)13-21(23)28)25(31-24)19-9-7-17(4)8-10-19;1-3-4-2;1-2/h7-13,16,22,29-30H,5-6,14-15H2,1-4H3;3H,1,4H2,2H3;2H2,1H3. The van der Waals surface area contributed by atoms with E-state index in [1.54, 1.807) is 4.57 Å². The van der Waals surface area contributed by atoms with Crippen LogP contribution < -0.4 is 21.3 Å². The van der Waals surface area contributed by atoms with Crippen molar-refractivity contribution >= 4 is 11.5 Å². The number of benzene rings is 2. The Labute approximate surface area is 232 Å². The summed E-state index contributed by atoms with van der Waals surface area (Å²) in [4.78, 5) is 7.15. The maximum atomic E-state index is 15.2. The summed E-state index contributed by atoms with van der Waals surface area (Å²) < 4.78 is 30.8. The lowest BCUT2D eigenvalue weighted by molar-refractivity contribution is 0.395. The minimum atomic E-state index is -0.642. The van der Waals surface area contributed by atoms with Crippen molar-refractivity contribution in [3.05, 3.63) is 84.6 Å². The zero-order valence-electron chi connectivity index (χ0n) is 24.2. The number of nitrogens with two attached hydrogens (primary N) is 1. The van der Waals surface area contributed by atoms with E-state index in [4.69, 9.17) is 4.98 Å². The van der Waals surface area contributed by atoms with Crippen LogP contribution in [-0.4, -0.2) is 42.4 Å². The number of aromatic nitrogens is 2. The molecule has 1 aliphatic heterocycles. The molecule has 0 saturated carbocycles. The number of fused-ring (bicyclic) bond motifs is 1. The van der Waals surface area contributed by atoms with E-state index in [9.17, 15) is 4.39 Å². The summed E-state index contributed by atoms with van der Waals surface area (Å²) in [5, 5.41) is 6.86. The number of halogens is 2. The number of aryl methyl sites for hydroxylation is 1. The smallest absolute Gasteiger partial charge is 0.150 e. The van der Waals surface area contributed by atoms with E-state index in [1.807, 2.05) is 37.3 Å². The van der Waals surface area contributed by atoms with Crippen LogP contribution in [0.3, 0.4) is 0 Å². The van der Waals surface area contributed by atoms with Crippen LogP contribution in [0.2, 0.25) is 0 Å². The molecule has 39 heavy (non-hydrogen) atoms. The third kappa shape index (κ3) is 7.77. The topological polar surface area (TPSA) is 71.1 Å². The second-order valence-electron chi connectivity index (χ2n) is 9.53. The second kappa shape index (κ2) is 15.2. The summed E-state index contributed by atoms with van der Waals surface area (Å²) in [7, 11) is 1.50. The molecule has 2 heterocycles. The molecule has 212 valence electrons. The second-order valence-corrected chi connectivity index (χ2v) is 9.53. The fourth-order valence-corrected chi connectivity index (χ4v) is 4.18. The number of nitrogens with one attached hydrogen (secondary N) is 2. The fraction of sp³-hybridized carbons (Fsp3) is 0.387. The fourth-order valence-electron chi connectivity index (χ4n) is 4.18. The van der Waals surface area contributed by atoms with Crippen LogP contribution in [0.5, 0.6) is 0 Å². The van der Waals surface area contributed by atoms with Gasteiger partial charge in [0.15, 0.2) is 0 Å². The van der Waals surface area contributed by atoms with Crippen molar-refractivity contribution < 1.29 is 8.78 Å². The Balaban J connectivity index is 0.000000815. The van der Waals surface area contributed by atoms with E-state index < -0.39 is 11.6 Å². The molecule has 0 spiro atoms. The molecule has 4 rings (SSSR count). The maximum Gasteiger partial charge on any atom is 0.150 e. The Bertz CT molecular complexity index is 1220. The molecular formula is C31H44F2N6. The number of rotatable bonds is 5. The van der Waals surface area contributed by atoms with Crippen molar-refractivity contribution in [3.8, 4) is 17.1 Å². The quantitative estimate of drug-likeness (QED) is 0.335. The van der Waals surface area contributed by atoms with Gasteiger partial charge in [-0.05, 0) is 45.4 Å². The summed E-state index contributed by atoms with van der Waals surface area (Å²) in [6.45, 7) is 20.1. The number of imidazole rings is 1. The molecule has 0 bridgehead atoms. The van der Waals surface area contributed by atoms with E-state index in [0.29, 0.717) is 42.9 Å². The van der Waals surface area contributed by atoms with Gasteiger partial charge >= 0.3 is 0 Å². The maximum absolute atomic E-state index is 15.2. The molecule has 0 radical (unpaired) electrons. The zero-order valence-corrected chi connectivity index (χ0v) is 24.2. The monoisotopic (exact) mass is 538 g/mol. The van der Waals surface area contributed by atoms with Crippen molar-refractivity contribution in [1.29, 1.82) is 0 Å². The Morgan fingerprint density at radius 1 is 1.13 bits per heavy atom. The number of hydrogen-bond donors (Lipinski definition) is 3. The Kier molecular flexibility index (Phi) is 12.4. The van der Waals surface area contributed by atoms with Crippen LogP contribution in [-0.2, 0) is 0 Å². The average Bonchev–Trinajstić information content (AvgIpc) is 3.34. The lowest BCUT2D eigenvalue weighted by Crippen LogP contribution is -2.46. The normalized spacial score (nSPS) is 15.0. The van der Waals surface area contributed by atoms with Gasteiger partial charge in [0.2, 0.25) is 0 Å². The first-order valence-electron chi connectivity index (χ1n) is 13.5. The predicted molar refractivity (Wildman–Crippen MR) is 161 cm³/mol. The third-order valence-electron chi connectivity index (χ3n) is 6.46. The summed E-state index contributed by atoms with van der Waals surface area (Å²) in [6, 6.07) is 11.8. The first-order valence-corrected chi connectivity index (χ1v) is 13.5. The highest BCUT2D eigenvalue weighted by atomic mass is 19.1. The van der Waals surface area contributed by atoms with Gasteiger partial charge in [0, 0.05) is 30.8 Å². The zero-order chi connectivity index (χ0) is 29.1. The molecule has 1 aromatic heterocycles. The van der Waals surface area contributed by atoms with Crippen LogP contribution in [0.4, 0.5) is 14.6 Å². The van der Waals surface area contributed by atoms with Crippen LogP contribution in [0.15, 0.2) is 61.7 Å². The van der Waals surface area contributed by atoms with E-state index in [0.717, 1.165) is 29.4 Å². The first-order chi connectivity index (χ1) is 18.7. The Morgan fingerprint density at radius 3 is 2.31 bits per heavy atom. The number of hydrogen-bond acceptors (Lipinski definition) is 5. The average molecular weight is 539 g/mol. The van der Waals surface area contributed by atoms with Crippen molar-refractivity contribution in [2.45, 2.75) is 47.1 Å². The molecular weight excluding hydrogens is 494 g/mol. The van der Waals surface area contributed by atoms with Gasteiger partial charge in [-0.25, -0.2) is 13.8 Å². The molecule has 1 unspecified atom stereocenters. The van der Waals surface area contributed by atoms with Gasteiger partial charge in [-0.15, -0.1) is 6.58 Å². The molecule has 0 saturated heterocycles. The molecule has 8 heteroatoms.